The molecule has 0 radical (unpaired) electrons. The normalized spacial score (nSPS) is 23.9. The Kier molecular flexibility index (Phi) is 6.46. The molecular formula is C13H25NO3S. The molecule has 4 nitrogen and oxygen atoms in total. The maximum absolute atomic E-state index is 11.3. The highest BCUT2D eigenvalue weighted by Gasteiger charge is 2.31. The first-order chi connectivity index (χ1) is 8.44. The van der Waals surface area contributed by atoms with E-state index < -0.39 is 6.04 Å². The third-order valence-electron chi connectivity index (χ3n) is 3.02. The number of hydrogen-bond donors (Lipinski definition) is 1. The molecular weight excluding hydrogens is 250 g/mol. The molecule has 1 aliphatic heterocycles. The van der Waals surface area contributed by atoms with E-state index in [0.29, 0.717) is 19.1 Å². The smallest absolute Gasteiger partial charge is 0.322 e. The summed E-state index contributed by atoms with van der Waals surface area (Å²) in [5.74, 6) is 1.57. The van der Waals surface area contributed by atoms with Gasteiger partial charge in [-0.3, -0.25) is 4.79 Å². The van der Waals surface area contributed by atoms with Crippen molar-refractivity contribution in [2.75, 3.05) is 18.1 Å². The minimum absolute atomic E-state index is 0.0343. The van der Waals surface area contributed by atoms with E-state index >= 15 is 0 Å². The molecule has 0 aliphatic carbocycles. The zero-order valence-electron chi connectivity index (χ0n) is 11.6. The lowest BCUT2D eigenvalue weighted by atomic mass is 10.1. The highest BCUT2D eigenvalue weighted by atomic mass is 32.2. The summed E-state index contributed by atoms with van der Waals surface area (Å²) < 4.78 is 10.8. The Morgan fingerprint density at radius 2 is 2.33 bits per heavy atom. The molecule has 2 atom stereocenters. The van der Waals surface area contributed by atoms with Crippen LogP contribution in [0.3, 0.4) is 0 Å². The first-order valence-electron chi connectivity index (χ1n) is 6.62. The van der Waals surface area contributed by atoms with Crippen molar-refractivity contribution in [2.45, 2.75) is 57.8 Å². The number of carbonyl (C=O) groups excluding carboxylic acids is 1. The Bertz CT molecular complexity index is 271. The van der Waals surface area contributed by atoms with Crippen molar-refractivity contribution in [3.63, 3.8) is 0 Å². The molecule has 1 fully saturated rings. The van der Waals surface area contributed by atoms with Gasteiger partial charge in [-0.25, -0.2) is 0 Å². The van der Waals surface area contributed by atoms with Crippen LogP contribution in [-0.2, 0) is 14.3 Å². The summed E-state index contributed by atoms with van der Waals surface area (Å²) in [4.78, 5) is 11.3. The van der Waals surface area contributed by atoms with Gasteiger partial charge >= 0.3 is 5.97 Å². The van der Waals surface area contributed by atoms with Crippen LogP contribution in [-0.4, -0.2) is 41.8 Å². The monoisotopic (exact) mass is 275 g/mol. The van der Waals surface area contributed by atoms with Crippen molar-refractivity contribution in [1.82, 2.24) is 0 Å². The van der Waals surface area contributed by atoms with Crippen molar-refractivity contribution < 1.29 is 14.3 Å². The van der Waals surface area contributed by atoms with E-state index in [1.807, 2.05) is 0 Å². The summed E-state index contributed by atoms with van der Waals surface area (Å²) in [6, 6.07) is -0.488. The minimum Gasteiger partial charge on any atom is -0.465 e. The van der Waals surface area contributed by atoms with Gasteiger partial charge in [0.1, 0.15) is 6.04 Å². The second-order valence-corrected chi connectivity index (χ2v) is 6.41. The lowest BCUT2D eigenvalue weighted by molar-refractivity contribution is -0.144. The fourth-order valence-electron chi connectivity index (χ4n) is 1.99. The van der Waals surface area contributed by atoms with Gasteiger partial charge in [-0.15, -0.1) is 0 Å². The number of rotatable bonds is 7. The molecule has 0 bridgehead atoms. The van der Waals surface area contributed by atoms with Gasteiger partial charge in [0.15, 0.2) is 0 Å². The molecule has 106 valence electrons. The lowest BCUT2D eigenvalue weighted by Crippen LogP contribution is -2.32. The number of thioether (sulfide) groups is 1. The lowest BCUT2D eigenvalue weighted by Gasteiger charge is -2.19. The summed E-state index contributed by atoms with van der Waals surface area (Å²) in [7, 11) is 0. The van der Waals surface area contributed by atoms with Crippen molar-refractivity contribution in [3.8, 4) is 0 Å². The Balaban J connectivity index is 2.07. The zero-order chi connectivity index (χ0) is 13.6. The van der Waals surface area contributed by atoms with Gasteiger partial charge in [0, 0.05) is 5.75 Å². The Morgan fingerprint density at radius 3 is 2.89 bits per heavy atom. The highest BCUT2D eigenvalue weighted by molar-refractivity contribution is 7.99. The minimum atomic E-state index is -0.488. The van der Waals surface area contributed by atoms with E-state index in [9.17, 15) is 4.79 Å². The van der Waals surface area contributed by atoms with Crippen LogP contribution in [0.15, 0.2) is 0 Å². The van der Waals surface area contributed by atoms with Crippen molar-refractivity contribution in [2.24, 2.45) is 5.73 Å². The third-order valence-corrected chi connectivity index (χ3v) is 4.15. The van der Waals surface area contributed by atoms with E-state index in [0.717, 1.165) is 24.3 Å². The molecule has 0 aromatic heterocycles. The van der Waals surface area contributed by atoms with Gasteiger partial charge in [0.25, 0.3) is 0 Å². The standard InChI is InChI=1S/C13H25NO3S/c1-4-16-12(15)11(14)6-8-18-9-10-5-7-13(2,3)17-10/h10-11H,4-9,14H2,1-3H3. The molecule has 2 unspecified atom stereocenters. The van der Waals surface area contributed by atoms with Crippen LogP contribution < -0.4 is 5.73 Å². The molecule has 0 spiro atoms. The van der Waals surface area contributed by atoms with Crippen LogP contribution in [0.25, 0.3) is 0 Å². The Hall–Kier alpha value is -0.260. The van der Waals surface area contributed by atoms with Crippen molar-refractivity contribution in [3.05, 3.63) is 0 Å². The molecule has 1 heterocycles. The van der Waals surface area contributed by atoms with E-state index in [1.54, 1.807) is 18.7 Å². The number of hydrogen-bond acceptors (Lipinski definition) is 5. The average Bonchev–Trinajstić information content (AvgIpc) is 2.64. The van der Waals surface area contributed by atoms with Crippen LogP contribution in [0.4, 0.5) is 0 Å². The first-order valence-corrected chi connectivity index (χ1v) is 7.78. The van der Waals surface area contributed by atoms with Gasteiger partial charge < -0.3 is 15.2 Å². The molecule has 0 aromatic rings. The van der Waals surface area contributed by atoms with E-state index in [-0.39, 0.29) is 11.6 Å². The van der Waals surface area contributed by atoms with Gasteiger partial charge in [-0.05, 0) is 45.8 Å². The van der Waals surface area contributed by atoms with Gasteiger partial charge in [-0.2, -0.15) is 11.8 Å². The summed E-state index contributed by atoms with van der Waals surface area (Å²) in [5.41, 5.74) is 5.76. The van der Waals surface area contributed by atoms with Crippen LogP contribution in [0, 0.1) is 0 Å². The maximum Gasteiger partial charge on any atom is 0.322 e. The number of esters is 1. The molecule has 0 saturated carbocycles. The summed E-state index contributed by atoms with van der Waals surface area (Å²) in [5, 5.41) is 0. The predicted molar refractivity (Wildman–Crippen MR) is 74.7 cm³/mol. The number of ether oxygens (including phenoxy) is 2. The number of nitrogens with two attached hydrogens (primary N) is 1. The molecule has 1 saturated heterocycles. The Morgan fingerprint density at radius 1 is 1.61 bits per heavy atom. The molecule has 5 heteroatoms. The second kappa shape index (κ2) is 7.36. The number of carbonyl (C=O) groups is 1. The second-order valence-electron chi connectivity index (χ2n) is 5.26. The molecule has 0 aromatic carbocycles. The fourth-order valence-corrected chi connectivity index (χ4v) is 3.07. The van der Waals surface area contributed by atoms with Gasteiger partial charge in [-0.1, -0.05) is 0 Å². The topological polar surface area (TPSA) is 61.5 Å². The van der Waals surface area contributed by atoms with E-state index in [2.05, 4.69) is 13.8 Å². The van der Waals surface area contributed by atoms with Gasteiger partial charge in [0.2, 0.25) is 0 Å². The predicted octanol–water partition coefficient (Wildman–Crippen LogP) is 1.96. The van der Waals surface area contributed by atoms with Crippen molar-refractivity contribution in [1.29, 1.82) is 0 Å². The van der Waals surface area contributed by atoms with Crippen molar-refractivity contribution >= 4 is 17.7 Å². The van der Waals surface area contributed by atoms with Crippen LogP contribution in [0.1, 0.15) is 40.0 Å². The SMILES string of the molecule is CCOC(=O)C(N)CCSCC1CCC(C)(C)O1. The molecule has 2 N–H and O–H groups in total. The fraction of sp³-hybridized carbons (Fsp3) is 0.923. The quantitative estimate of drug-likeness (QED) is 0.568. The molecule has 1 rings (SSSR count). The maximum atomic E-state index is 11.3. The summed E-state index contributed by atoms with van der Waals surface area (Å²) >= 11 is 1.80. The summed E-state index contributed by atoms with van der Waals surface area (Å²) in [6.07, 6.45) is 3.27. The molecule has 0 amide bonds. The highest BCUT2D eigenvalue weighted by Crippen LogP contribution is 2.31. The average molecular weight is 275 g/mol. The van der Waals surface area contributed by atoms with E-state index in [1.165, 1.54) is 0 Å². The molecule has 18 heavy (non-hydrogen) atoms. The van der Waals surface area contributed by atoms with Crippen LogP contribution >= 0.6 is 11.8 Å². The van der Waals surface area contributed by atoms with Crippen LogP contribution in [0.5, 0.6) is 0 Å². The largest absolute Gasteiger partial charge is 0.465 e. The Labute approximate surface area is 114 Å². The molecule has 1 aliphatic rings. The van der Waals surface area contributed by atoms with Crippen LogP contribution in [0.2, 0.25) is 0 Å². The van der Waals surface area contributed by atoms with Gasteiger partial charge in [0.05, 0.1) is 18.3 Å². The summed E-state index contributed by atoms with van der Waals surface area (Å²) in [6.45, 7) is 6.45. The third kappa shape index (κ3) is 5.59. The van der Waals surface area contributed by atoms with E-state index in [4.69, 9.17) is 15.2 Å². The first kappa shape index (κ1) is 15.8. The zero-order valence-corrected chi connectivity index (χ0v) is 12.4.